The fraction of sp³-hybridized carbons (Fsp3) is 0.289. The molecule has 48 heavy (non-hydrogen) atoms. The maximum Gasteiger partial charge on any atom is 0.416 e. The number of ether oxygens (including phenoxy) is 1. The minimum absolute atomic E-state index is 0.0113. The quantitative estimate of drug-likeness (QED) is 0.192. The van der Waals surface area contributed by atoms with E-state index in [4.69, 9.17) is 4.74 Å². The van der Waals surface area contributed by atoms with Crippen LogP contribution in [0.3, 0.4) is 0 Å². The zero-order chi connectivity index (χ0) is 33.8. The largest absolute Gasteiger partial charge is 0.489 e. The maximum atomic E-state index is 14.1. The summed E-state index contributed by atoms with van der Waals surface area (Å²) in [6.07, 6.45) is -1.48. The second kappa shape index (κ2) is 13.9. The second-order valence-electron chi connectivity index (χ2n) is 12.3. The van der Waals surface area contributed by atoms with Gasteiger partial charge in [-0.1, -0.05) is 79.2 Å². The van der Waals surface area contributed by atoms with Crippen LogP contribution in [0.5, 0.6) is 5.75 Å². The van der Waals surface area contributed by atoms with Crippen LogP contribution in [-0.2, 0) is 40.0 Å². The molecule has 1 fully saturated rings. The van der Waals surface area contributed by atoms with Crippen LogP contribution >= 0.6 is 0 Å². The van der Waals surface area contributed by atoms with Crippen LogP contribution in [0.4, 0.5) is 13.2 Å². The Morgan fingerprint density at radius 1 is 0.875 bits per heavy atom. The van der Waals surface area contributed by atoms with Gasteiger partial charge in [-0.2, -0.15) is 13.2 Å². The molecule has 0 bridgehead atoms. The summed E-state index contributed by atoms with van der Waals surface area (Å²) in [7, 11) is 0. The zero-order valence-corrected chi connectivity index (χ0v) is 26.1. The number of fused-ring (bicyclic) bond motifs is 1. The lowest BCUT2D eigenvalue weighted by Gasteiger charge is -2.40. The first-order valence-corrected chi connectivity index (χ1v) is 16.0. The average Bonchev–Trinajstić information content (AvgIpc) is 3.06. The molecule has 4 aromatic carbocycles. The molecule has 2 amide bonds. The van der Waals surface area contributed by atoms with Gasteiger partial charge >= 0.3 is 12.1 Å². The number of halogens is 3. The SMILES string of the molecule is O=C(N[C@@H](Cc1ccc(-c2ccccc2)cc1)C(=O)O)C1c2cc(OCc3ccc(C(F)(F)F)cc3)ccc2CCN1C(=O)C1CCC1. The van der Waals surface area contributed by atoms with Gasteiger partial charge in [-0.15, -0.1) is 0 Å². The van der Waals surface area contributed by atoms with E-state index in [0.29, 0.717) is 29.8 Å². The van der Waals surface area contributed by atoms with Crippen LogP contribution in [0, 0.1) is 5.92 Å². The van der Waals surface area contributed by atoms with Crippen LogP contribution in [0.15, 0.2) is 97.1 Å². The van der Waals surface area contributed by atoms with Crippen molar-refractivity contribution in [2.75, 3.05) is 6.54 Å². The Hall–Kier alpha value is -5.12. The molecule has 248 valence electrons. The topological polar surface area (TPSA) is 95.9 Å². The molecule has 0 saturated heterocycles. The van der Waals surface area contributed by atoms with E-state index in [0.717, 1.165) is 53.6 Å². The molecule has 2 N–H and O–H groups in total. The van der Waals surface area contributed by atoms with Crippen molar-refractivity contribution in [2.24, 2.45) is 5.92 Å². The molecule has 0 aromatic heterocycles. The summed E-state index contributed by atoms with van der Waals surface area (Å²) in [5, 5.41) is 12.8. The summed E-state index contributed by atoms with van der Waals surface area (Å²) in [5.74, 6) is -1.74. The first-order valence-electron chi connectivity index (χ1n) is 16.0. The summed E-state index contributed by atoms with van der Waals surface area (Å²) in [6, 6.07) is 24.8. The van der Waals surface area contributed by atoms with Crippen molar-refractivity contribution in [2.45, 2.75) is 57.0 Å². The van der Waals surface area contributed by atoms with E-state index in [1.807, 2.05) is 60.7 Å². The van der Waals surface area contributed by atoms with E-state index in [9.17, 15) is 32.7 Å². The van der Waals surface area contributed by atoms with Crippen LogP contribution in [0.25, 0.3) is 11.1 Å². The predicted octanol–water partition coefficient (Wildman–Crippen LogP) is 6.99. The number of carboxylic acids is 1. The van der Waals surface area contributed by atoms with Crippen molar-refractivity contribution in [1.29, 1.82) is 0 Å². The first-order chi connectivity index (χ1) is 23.1. The summed E-state index contributed by atoms with van der Waals surface area (Å²) < 4.78 is 44.9. The maximum absolute atomic E-state index is 14.1. The molecule has 2 atom stereocenters. The Balaban J connectivity index is 1.22. The highest BCUT2D eigenvalue weighted by molar-refractivity contribution is 5.93. The number of hydrogen-bond donors (Lipinski definition) is 2. The van der Waals surface area contributed by atoms with Crippen molar-refractivity contribution in [3.05, 3.63) is 125 Å². The molecule has 4 aromatic rings. The summed E-state index contributed by atoms with van der Waals surface area (Å²) >= 11 is 0. The fourth-order valence-electron chi connectivity index (χ4n) is 6.20. The molecule has 2 aliphatic rings. The smallest absolute Gasteiger partial charge is 0.416 e. The number of carboxylic acid groups (broad SMARTS) is 1. The van der Waals surface area contributed by atoms with Crippen molar-refractivity contribution in [3.63, 3.8) is 0 Å². The van der Waals surface area contributed by atoms with Gasteiger partial charge in [0.15, 0.2) is 0 Å². The van der Waals surface area contributed by atoms with Crippen molar-refractivity contribution in [1.82, 2.24) is 10.2 Å². The molecule has 0 spiro atoms. The predicted molar refractivity (Wildman–Crippen MR) is 173 cm³/mol. The van der Waals surface area contributed by atoms with E-state index >= 15 is 0 Å². The number of aliphatic carboxylic acids is 1. The molecule has 6 rings (SSSR count). The molecule has 1 aliphatic heterocycles. The third-order valence-corrected chi connectivity index (χ3v) is 9.13. The highest BCUT2D eigenvalue weighted by Crippen LogP contribution is 2.37. The number of rotatable bonds is 10. The zero-order valence-electron chi connectivity index (χ0n) is 26.1. The standard InChI is InChI=1S/C38H35F3N2O5/c39-38(40,41)30-16-11-25(12-17-30)23-48-31-18-15-28-19-20-43(36(45)29-7-4-8-29)34(32(28)22-31)35(44)42-33(37(46)47)21-24-9-13-27(14-10-24)26-5-2-1-3-6-26/h1-3,5-6,9-18,22,29,33-34H,4,7-8,19-21,23H2,(H,42,44)(H,46,47)/t33-,34?/m0/s1. The number of nitrogens with one attached hydrogen (secondary N) is 1. The van der Waals surface area contributed by atoms with Gasteiger partial charge < -0.3 is 20.1 Å². The van der Waals surface area contributed by atoms with E-state index < -0.39 is 35.7 Å². The van der Waals surface area contributed by atoms with Gasteiger partial charge in [0.1, 0.15) is 24.4 Å². The minimum atomic E-state index is -4.44. The number of benzene rings is 4. The molecule has 0 radical (unpaired) electrons. The summed E-state index contributed by atoms with van der Waals surface area (Å²) in [6.45, 7) is 0.299. The average molecular weight is 657 g/mol. The van der Waals surface area contributed by atoms with E-state index in [-0.39, 0.29) is 24.9 Å². The van der Waals surface area contributed by atoms with Gasteiger partial charge in [-0.25, -0.2) is 4.79 Å². The van der Waals surface area contributed by atoms with Crippen LogP contribution in [-0.4, -0.2) is 40.4 Å². The third-order valence-electron chi connectivity index (χ3n) is 9.13. The molecule has 1 aliphatic carbocycles. The lowest BCUT2D eigenvalue weighted by Crippen LogP contribution is -2.53. The molecular formula is C38H35F3N2O5. The van der Waals surface area contributed by atoms with Crippen LogP contribution < -0.4 is 10.1 Å². The number of nitrogens with zero attached hydrogens (tertiary/aromatic N) is 1. The van der Waals surface area contributed by atoms with Gasteiger partial charge in [0.2, 0.25) is 11.8 Å². The van der Waals surface area contributed by atoms with Gasteiger partial charge in [0.05, 0.1) is 5.56 Å². The van der Waals surface area contributed by atoms with Gasteiger partial charge in [0, 0.05) is 18.9 Å². The number of carbonyl (C=O) groups excluding carboxylic acids is 2. The molecule has 1 saturated carbocycles. The van der Waals surface area contributed by atoms with Gasteiger partial charge in [-0.05, 0) is 76.9 Å². The normalized spacial score (nSPS) is 16.7. The van der Waals surface area contributed by atoms with Crippen molar-refractivity contribution >= 4 is 17.8 Å². The Labute approximate surface area is 276 Å². The molecule has 10 heteroatoms. The highest BCUT2D eigenvalue weighted by Gasteiger charge is 2.41. The van der Waals surface area contributed by atoms with Gasteiger partial charge in [-0.3, -0.25) is 9.59 Å². The highest BCUT2D eigenvalue weighted by atomic mass is 19.4. The second-order valence-corrected chi connectivity index (χ2v) is 12.3. The molecular weight excluding hydrogens is 621 g/mol. The monoisotopic (exact) mass is 656 g/mol. The summed E-state index contributed by atoms with van der Waals surface area (Å²) in [4.78, 5) is 41.6. The Kier molecular flexibility index (Phi) is 9.52. The fourth-order valence-corrected chi connectivity index (χ4v) is 6.20. The Bertz CT molecular complexity index is 1770. The number of hydrogen-bond acceptors (Lipinski definition) is 4. The molecule has 1 unspecified atom stereocenters. The lowest BCUT2D eigenvalue weighted by atomic mass is 9.82. The van der Waals surface area contributed by atoms with E-state index in [1.54, 1.807) is 17.0 Å². The Morgan fingerprint density at radius 3 is 2.17 bits per heavy atom. The van der Waals surface area contributed by atoms with E-state index in [2.05, 4.69) is 5.32 Å². The summed E-state index contributed by atoms with van der Waals surface area (Å²) in [5.41, 5.74) is 3.88. The number of amides is 2. The van der Waals surface area contributed by atoms with Crippen molar-refractivity contribution in [3.8, 4) is 16.9 Å². The first kappa shape index (κ1) is 32.8. The molecule has 7 nitrogen and oxygen atoms in total. The Morgan fingerprint density at radius 2 is 1.54 bits per heavy atom. The number of carbonyl (C=O) groups is 3. The third kappa shape index (κ3) is 7.38. The lowest BCUT2D eigenvalue weighted by molar-refractivity contribution is -0.148. The minimum Gasteiger partial charge on any atom is -0.489 e. The van der Waals surface area contributed by atoms with Crippen molar-refractivity contribution < 1.29 is 37.4 Å². The van der Waals surface area contributed by atoms with Crippen LogP contribution in [0.2, 0.25) is 0 Å². The van der Waals surface area contributed by atoms with E-state index in [1.165, 1.54) is 12.1 Å². The van der Waals surface area contributed by atoms with Crippen LogP contribution in [0.1, 0.15) is 53.1 Å². The molecule has 1 heterocycles. The van der Waals surface area contributed by atoms with Gasteiger partial charge in [0.25, 0.3) is 0 Å². The number of alkyl halides is 3.